The van der Waals surface area contributed by atoms with Gasteiger partial charge in [-0.25, -0.2) is 4.57 Å². The molecule has 9 heteroatoms. The number of carbonyl (C=O) groups excluding carboxylic acids is 1. The van der Waals surface area contributed by atoms with Gasteiger partial charge in [0.05, 0.1) is 12.7 Å². The van der Waals surface area contributed by atoms with E-state index in [4.69, 9.17) is 20.0 Å². The van der Waals surface area contributed by atoms with Crippen molar-refractivity contribution in [3.05, 3.63) is 0 Å². The van der Waals surface area contributed by atoms with Crippen molar-refractivity contribution in [3.8, 4) is 0 Å². The van der Waals surface area contributed by atoms with Crippen LogP contribution in [-0.2, 0) is 13.9 Å². The Kier molecular flexibility index (Phi) is 9.68. The predicted molar refractivity (Wildman–Crippen MR) is 47.8 cm³/mol. The Hall–Kier alpha value is 0.700. The summed E-state index contributed by atoms with van der Waals surface area (Å²) in [5.74, 6) is 0. The van der Waals surface area contributed by atoms with E-state index in [1.165, 1.54) is 0 Å². The van der Waals surface area contributed by atoms with E-state index < -0.39 is 26.6 Å². The van der Waals surface area contributed by atoms with Crippen molar-refractivity contribution in [2.75, 3.05) is 6.61 Å². The maximum absolute atomic E-state index is 10.1. The molecule has 0 spiro atoms. The first-order valence-corrected chi connectivity index (χ1v) is 4.89. The van der Waals surface area contributed by atoms with Gasteiger partial charge in [-0.1, -0.05) is 0 Å². The normalized spacial score (nSPS) is 15.4. The zero-order valence-corrected chi connectivity index (χ0v) is 7.50. The van der Waals surface area contributed by atoms with Crippen molar-refractivity contribution in [2.24, 2.45) is 0 Å². The number of carbonyl (C=O) groups is 1. The fourth-order valence-electron chi connectivity index (χ4n) is 0.540. The van der Waals surface area contributed by atoms with Gasteiger partial charge < -0.3 is 24.8 Å². The summed E-state index contributed by atoms with van der Waals surface area (Å²) >= 11 is 0. The van der Waals surface area contributed by atoms with Gasteiger partial charge >= 0.3 is 37.4 Å². The summed E-state index contributed by atoms with van der Waals surface area (Å²) in [5.41, 5.74) is 0. The quantitative estimate of drug-likeness (QED) is 0.234. The maximum atomic E-state index is 10.1. The summed E-state index contributed by atoms with van der Waals surface area (Å²) in [4.78, 5) is 26.3. The number of aliphatic hydroxyl groups is 2. The molecule has 0 bridgehead atoms. The Morgan fingerprint density at radius 3 is 2.14 bits per heavy atom. The molecule has 14 heavy (non-hydrogen) atoms. The average molecular weight is 238 g/mol. The van der Waals surface area contributed by atoms with Gasteiger partial charge in [0, 0.05) is 6.42 Å². The van der Waals surface area contributed by atoms with Gasteiger partial charge in [0.15, 0.2) is 0 Å². The van der Waals surface area contributed by atoms with Gasteiger partial charge in [0.2, 0.25) is 0 Å². The molecule has 0 aromatic heterocycles. The molecule has 0 rings (SSSR count). The van der Waals surface area contributed by atoms with Crippen LogP contribution in [0.2, 0.25) is 0 Å². The van der Waals surface area contributed by atoms with Gasteiger partial charge in [0.25, 0.3) is 0 Å². The third kappa shape index (κ3) is 9.26. The van der Waals surface area contributed by atoms with Crippen LogP contribution in [-0.4, -0.2) is 74.7 Å². The molecule has 0 amide bonds. The van der Waals surface area contributed by atoms with Crippen molar-refractivity contribution in [1.82, 2.24) is 0 Å². The van der Waals surface area contributed by atoms with Gasteiger partial charge in [-0.05, 0) is 0 Å². The summed E-state index contributed by atoms with van der Waals surface area (Å²) in [7, 11) is -4.64. The first-order valence-electron chi connectivity index (χ1n) is 3.36. The monoisotopic (exact) mass is 238 g/mol. The summed E-state index contributed by atoms with van der Waals surface area (Å²) in [6, 6.07) is 0. The average Bonchev–Trinajstić information content (AvgIpc) is 1.99. The molecule has 0 fully saturated rings. The van der Waals surface area contributed by atoms with Gasteiger partial charge in [-0.15, -0.1) is 0 Å². The summed E-state index contributed by atoms with van der Waals surface area (Å²) in [5, 5.41) is 17.8. The van der Waals surface area contributed by atoms with Crippen LogP contribution >= 0.6 is 7.82 Å². The van der Waals surface area contributed by atoms with Crippen molar-refractivity contribution in [1.29, 1.82) is 0 Å². The van der Waals surface area contributed by atoms with Crippen molar-refractivity contribution < 1.29 is 33.9 Å². The van der Waals surface area contributed by atoms with Crippen LogP contribution in [0.4, 0.5) is 0 Å². The molecule has 0 saturated carbocycles. The molecule has 2 atom stereocenters. The fraction of sp³-hybridized carbons (Fsp3) is 0.800. The first-order chi connectivity index (χ1) is 5.87. The number of phosphoric ester groups is 1. The second kappa shape index (κ2) is 7.92. The zero-order chi connectivity index (χ0) is 10.5. The van der Waals surface area contributed by atoms with E-state index in [0.717, 1.165) is 0 Å². The van der Waals surface area contributed by atoms with E-state index in [1.54, 1.807) is 0 Å². The van der Waals surface area contributed by atoms with Crippen molar-refractivity contribution in [2.45, 2.75) is 18.6 Å². The number of phosphoric acid groups is 1. The number of rotatable bonds is 6. The molecular weight excluding hydrogens is 226 g/mol. The standard InChI is InChI=1S/C5H11O7P.Na.H/c6-2-1-4(7)5(8)3-12-13(9,10)11;;/h2,4-5,7-8H,1,3H2,(H2,9,10,11);;/t4-,5+;;/m0../s1. The fourth-order valence-corrected chi connectivity index (χ4v) is 0.887. The third-order valence-corrected chi connectivity index (χ3v) is 1.68. The Bertz CT molecular complexity index is 204. The van der Waals surface area contributed by atoms with Crippen molar-refractivity contribution >= 4 is 43.7 Å². The number of hydrogen-bond acceptors (Lipinski definition) is 5. The molecule has 7 nitrogen and oxygen atoms in total. The van der Waals surface area contributed by atoms with Crippen LogP contribution in [0.25, 0.3) is 0 Å². The van der Waals surface area contributed by atoms with Gasteiger partial charge in [0.1, 0.15) is 12.4 Å². The SMILES string of the molecule is O=CC[C@H](O)[C@H](O)COP(=O)(O)O.[NaH]. The van der Waals surface area contributed by atoms with E-state index in [2.05, 4.69) is 4.52 Å². The van der Waals surface area contributed by atoms with Gasteiger partial charge in [-0.2, -0.15) is 0 Å². The zero-order valence-electron chi connectivity index (χ0n) is 6.61. The summed E-state index contributed by atoms with van der Waals surface area (Å²) in [6.07, 6.45) is -2.79. The summed E-state index contributed by atoms with van der Waals surface area (Å²) in [6.45, 7) is -0.723. The first kappa shape index (κ1) is 17.1. The van der Waals surface area contributed by atoms with Crippen LogP contribution in [0, 0.1) is 0 Å². The second-order valence-electron chi connectivity index (χ2n) is 2.32. The van der Waals surface area contributed by atoms with Crippen molar-refractivity contribution in [3.63, 3.8) is 0 Å². The van der Waals surface area contributed by atoms with Crippen LogP contribution < -0.4 is 0 Å². The van der Waals surface area contributed by atoms with Gasteiger partial charge in [-0.3, -0.25) is 4.52 Å². The topological polar surface area (TPSA) is 124 Å². The molecule has 0 aliphatic carbocycles. The van der Waals surface area contributed by atoms with E-state index in [-0.39, 0.29) is 36.0 Å². The van der Waals surface area contributed by atoms with Crippen LogP contribution in [0.15, 0.2) is 0 Å². The Balaban J connectivity index is 0. The molecule has 4 N–H and O–H groups in total. The molecular formula is C5H12NaO7P. The molecule has 80 valence electrons. The second-order valence-corrected chi connectivity index (χ2v) is 3.56. The Morgan fingerprint density at radius 1 is 1.29 bits per heavy atom. The van der Waals surface area contributed by atoms with Crippen LogP contribution in [0.5, 0.6) is 0 Å². The third-order valence-electron chi connectivity index (χ3n) is 1.20. The van der Waals surface area contributed by atoms with Crippen LogP contribution in [0.1, 0.15) is 6.42 Å². The van der Waals surface area contributed by atoms with E-state index in [0.29, 0.717) is 6.29 Å². The molecule has 0 radical (unpaired) electrons. The van der Waals surface area contributed by atoms with Crippen LogP contribution in [0.3, 0.4) is 0 Å². The molecule has 0 aliphatic rings. The summed E-state index contributed by atoms with van der Waals surface area (Å²) < 4.78 is 14.0. The number of aliphatic hydroxyl groups excluding tert-OH is 2. The molecule has 0 unspecified atom stereocenters. The molecule has 0 saturated heterocycles. The molecule has 0 aromatic rings. The molecule has 0 aromatic carbocycles. The Labute approximate surface area is 103 Å². The molecule has 0 heterocycles. The number of hydrogen-bond donors (Lipinski definition) is 4. The van der Waals surface area contributed by atoms with E-state index >= 15 is 0 Å². The number of aldehydes is 1. The van der Waals surface area contributed by atoms with E-state index in [9.17, 15) is 9.36 Å². The molecule has 0 aliphatic heterocycles. The minimum atomic E-state index is -4.64. The minimum absolute atomic E-state index is 0. The Morgan fingerprint density at radius 2 is 1.79 bits per heavy atom. The predicted octanol–water partition coefficient (Wildman–Crippen LogP) is -2.24. The van der Waals surface area contributed by atoms with E-state index in [1.807, 2.05) is 0 Å².